The van der Waals surface area contributed by atoms with Crippen LogP contribution in [0.4, 0.5) is 5.82 Å². The van der Waals surface area contributed by atoms with Crippen molar-refractivity contribution in [3.8, 4) is 5.75 Å². The van der Waals surface area contributed by atoms with Crippen molar-refractivity contribution >= 4 is 11.8 Å². The molecule has 0 fully saturated rings. The summed E-state index contributed by atoms with van der Waals surface area (Å²) in [6.45, 7) is 9.31. The van der Waals surface area contributed by atoms with Crippen molar-refractivity contribution in [1.29, 1.82) is 0 Å². The molecule has 0 saturated heterocycles. The zero-order valence-corrected chi connectivity index (χ0v) is 25.8. The van der Waals surface area contributed by atoms with Gasteiger partial charge in [-0.1, -0.05) is 90.7 Å². The van der Waals surface area contributed by atoms with E-state index in [-0.39, 0.29) is 17.1 Å². The lowest BCUT2D eigenvalue weighted by Gasteiger charge is -2.26. The fourth-order valence-electron chi connectivity index (χ4n) is 4.96. The molecule has 1 heterocycles. The highest BCUT2D eigenvalue weighted by molar-refractivity contribution is 5.77. The summed E-state index contributed by atoms with van der Waals surface area (Å²) in [6.07, 6.45) is 13.1. The van der Waals surface area contributed by atoms with Crippen molar-refractivity contribution in [2.75, 3.05) is 11.9 Å². The van der Waals surface area contributed by atoms with Crippen LogP contribution >= 0.6 is 0 Å². The van der Waals surface area contributed by atoms with E-state index in [4.69, 9.17) is 4.74 Å². The van der Waals surface area contributed by atoms with E-state index in [0.717, 1.165) is 69.8 Å². The van der Waals surface area contributed by atoms with Gasteiger partial charge in [-0.2, -0.15) is 0 Å². The van der Waals surface area contributed by atoms with Crippen molar-refractivity contribution < 1.29 is 14.6 Å². The molecule has 0 aliphatic heterocycles. The van der Waals surface area contributed by atoms with E-state index in [9.17, 15) is 19.5 Å². The lowest BCUT2D eigenvalue weighted by molar-refractivity contribution is -0.154. The SMILES string of the molecule is CCCCCCCn1nc(NCCCc2cccc(OC(C)(CCC)C(=O)O)c2)c(=O)n(CCCCCCC)c1=O. The van der Waals surface area contributed by atoms with Gasteiger partial charge in [-0.25, -0.2) is 14.3 Å². The summed E-state index contributed by atoms with van der Waals surface area (Å²) in [4.78, 5) is 38.0. The van der Waals surface area contributed by atoms with Crippen LogP contribution in [0.3, 0.4) is 0 Å². The van der Waals surface area contributed by atoms with Crippen LogP contribution in [0.2, 0.25) is 0 Å². The number of nitrogens with zero attached hydrogens (tertiary/aromatic N) is 3. The Kier molecular flexibility index (Phi) is 15.3. The number of nitrogens with one attached hydrogen (secondary N) is 1. The molecule has 230 valence electrons. The number of hydrogen-bond donors (Lipinski definition) is 2. The second kappa shape index (κ2) is 18.4. The summed E-state index contributed by atoms with van der Waals surface area (Å²) in [6, 6.07) is 7.49. The molecule has 2 rings (SSSR count). The number of aliphatic carboxylic acids is 1. The summed E-state index contributed by atoms with van der Waals surface area (Å²) < 4.78 is 8.69. The number of carbonyl (C=O) groups is 1. The van der Waals surface area contributed by atoms with Crippen LogP contribution < -0.4 is 21.3 Å². The summed E-state index contributed by atoms with van der Waals surface area (Å²) in [7, 11) is 0. The largest absolute Gasteiger partial charge is 0.478 e. The standard InChI is InChI=1S/C32H52N4O5/c1-5-8-10-12-14-23-35-29(37)28(34-36(31(35)40)24-15-13-11-9-6-2)33-22-17-19-26-18-16-20-27(25-26)41-32(4,21-7-3)30(38)39/h16,18,20,25H,5-15,17,19,21-24H2,1-4H3,(H,33,34)(H,38,39). The highest BCUT2D eigenvalue weighted by atomic mass is 16.5. The Morgan fingerprint density at radius 3 is 2.22 bits per heavy atom. The molecule has 1 atom stereocenters. The first-order valence-electron chi connectivity index (χ1n) is 15.7. The Morgan fingerprint density at radius 1 is 0.927 bits per heavy atom. The van der Waals surface area contributed by atoms with Crippen LogP contribution in [-0.4, -0.2) is 37.6 Å². The second-order valence-corrected chi connectivity index (χ2v) is 11.2. The van der Waals surface area contributed by atoms with Gasteiger partial charge in [0.05, 0.1) is 0 Å². The van der Waals surface area contributed by atoms with E-state index >= 15 is 0 Å². The molecule has 0 aliphatic carbocycles. The van der Waals surface area contributed by atoms with E-state index in [1.165, 1.54) is 15.7 Å². The van der Waals surface area contributed by atoms with Gasteiger partial charge in [-0.15, -0.1) is 5.10 Å². The first-order valence-corrected chi connectivity index (χ1v) is 15.7. The minimum Gasteiger partial charge on any atom is -0.478 e. The van der Waals surface area contributed by atoms with E-state index in [0.29, 0.717) is 44.6 Å². The maximum absolute atomic E-state index is 13.2. The van der Waals surface area contributed by atoms with E-state index in [1.807, 2.05) is 25.1 Å². The number of ether oxygens (including phenoxy) is 1. The summed E-state index contributed by atoms with van der Waals surface area (Å²) in [5.41, 5.74) is -0.926. The molecule has 0 amide bonds. The summed E-state index contributed by atoms with van der Waals surface area (Å²) >= 11 is 0. The molecular weight excluding hydrogens is 520 g/mol. The summed E-state index contributed by atoms with van der Waals surface area (Å²) in [5.74, 6) is -0.223. The third-order valence-electron chi connectivity index (χ3n) is 7.43. The molecule has 0 bridgehead atoms. The Hall–Kier alpha value is -3.10. The minimum absolute atomic E-state index is 0.223. The normalized spacial score (nSPS) is 12.7. The average Bonchev–Trinajstić information content (AvgIpc) is 2.94. The van der Waals surface area contributed by atoms with Crippen molar-refractivity contribution in [2.45, 2.75) is 136 Å². The quantitative estimate of drug-likeness (QED) is 0.157. The van der Waals surface area contributed by atoms with Crippen LogP contribution in [0.1, 0.15) is 117 Å². The number of hydrogen-bond acceptors (Lipinski definition) is 6. The lowest BCUT2D eigenvalue weighted by Crippen LogP contribution is -2.43. The van der Waals surface area contributed by atoms with Crippen molar-refractivity contribution in [2.24, 2.45) is 0 Å². The number of carboxylic acid groups (broad SMARTS) is 1. The smallest absolute Gasteiger partial charge is 0.347 e. The summed E-state index contributed by atoms with van der Waals surface area (Å²) in [5, 5.41) is 17.2. The number of carboxylic acids is 1. The van der Waals surface area contributed by atoms with Gasteiger partial charge in [0.2, 0.25) is 11.4 Å². The average molecular weight is 573 g/mol. The molecule has 0 radical (unpaired) electrons. The zero-order chi connectivity index (χ0) is 30.1. The molecule has 0 spiro atoms. The van der Waals surface area contributed by atoms with Gasteiger partial charge in [-0.05, 0) is 56.7 Å². The second-order valence-electron chi connectivity index (χ2n) is 11.2. The molecule has 1 aromatic heterocycles. The van der Waals surface area contributed by atoms with Gasteiger partial charge in [0.15, 0.2) is 0 Å². The molecule has 1 aromatic carbocycles. The van der Waals surface area contributed by atoms with Crippen molar-refractivity contribution in [3.63, 3.8) is 0 Å². The topological polar surface area (TPSA) is 115 Å². The van der Waals surface area contributed by atoms with Gasteiger partial charge in [0.25, 0.3) is 5.56 Å². The molecule has 9 nitrogen and oxygen atoms in total. The minimum atomic E-state index is -1.27. The number of anilines is 1. The van der Waals surface area contributed by atoms with Crippen LogP contribution in [-0.2, 0) is 24.3 Å². The van der Waals surface area contributed by atoms with Crippen molar-refractivity contribution in [1.82, 2.24) is 14.3 Å². The van der Waals surface area contributed by atoms with Gasteiger partial charge in [-0.3, -0.25) is 9.36 Å². The fourth-order valence-corrected chi connectivity index (χ4v) is 4.96. The monoisotopic (exact) mass is 572 g/mol. The number of aromatic nitrogens is 3. The highest BCUT2D eigenvalue weighted by Crippen LogP contribution is 2.24. The first kappa shape index (κ1) is 34.1. The molecule has 1 unspecified atom stereocenters. The maximum Gasteiger partial charge on any atom is 0.347 e. The van der Waals surface area contributed by atoms with E-state index in [2.05, 4.69) is 24.3 Å². The molecule has 2 N–H and O–H groups in total. The predicted molar refractivity (Wildman–Crippen MR) is 165 cm³/mol. The Labute approximate surface area is 245 Å². The van der Waals surface area contributed by atoms with E-state index in [1.54, 1.807) is 13.0 Å². The number of benzene rings is 1. The van der Waals surface area contributed by atoms with Crippen LogP contribution in [0.25, 0.3) is 0 Å². The van der Waals surface area contributed by atoms with Gasteiger partial charge < -0.3 is 15.2 Å². The fraction of sp³-hybridized carbons (Fsp3) is 0.688. The number of rotatable bonds is 22. The molecule has 0 saturated carbocycles. The molecule has 41 heavy (non-hydrogen) atoms. The number of unbranched alkanes of at least 4 members (excludes halogenated alkanes) is 8. The van der Waals surface area contributed by atoms with E-state index < -0.39 is 11.6 Å². The third kappa shape index (κ3) is 11.4. The predicted octanol–water partition coefficient (Wildman–Crippen LogP) is 6.41. The van der Waals surface area contributed by atoms with Crippen LogP contribution in [0, 0.1) is 0 Å². The molecule has 2 aromatic rings. The van der Waals surface area contributed by atoms with Crippen LogP contribution in [0.5, 0.6) is 5.75 Å². The Morgan fingerprint density at radius 2 is 1.59 bits per heavy atom. The Balaban J connectivity index is 2.06. The highest BCUT2D eigenvalue weighted by Gasteiger charge is 2.34. The van der Waals surface area contributed by atoms with Gasteiger partial charge in [0, 0.05) is 19.6 Å². The number of aryl methyl sites for hydroxylation is 2. The van der Waals surface area contributed by atoms with Crippen LogP contribution in [0.15, 0.2) is 33.9 Å². The zero-order valence-electron chi connectivity index (χ0n) is 25.8. The third-order valence-corrected chi connectivity index (χ3v) is 7.43. The van der Waals surface area contributed by atoms with Gasteiger partial charge in [0.1, 0.15) is 5.75 Å². The van der Waals surface area contributed by atoms with Gasteiger partial charge >= 0.3 is 11.7 Å². The molecular formula is C32H52N4O5. The Bertz CT molecular complexity index is 1180. The molecule has 9 heteroatoms. The maximum atomic E-state index is 13.2. The lowest BCUT2D eigenvalue weighted by atomic mass is 10.0. The first-order chi connectivity index (χ1) is 19.8. The van der Waals surface area contributed by atoms with Crippen molar-refractivity contribution in [3.05, 3.63) is 50.7 Å². The molecule has 0 aliphatic rings.